The Kier molecular flexibility index (Phi) is 5.03. The van der Waals surface area contributed by atoms with Crippen LogP contribution < -0.4 is 5.32 Å². The predicted octanol–water partition coefficient (Wildman–Crippen LogP) is 2.32. The van der Waals surface area contributed by atoms with E-state index in [0.29, 0.717) is 6.54 Å². The largest absolute Gasteiger partial charge is 0.337 e. The summed E-state index contributed by atoms with van der Waals surface area (Å²) in [6, 6.07) is 5.10. The first-order valence-electron chi connectivity index (χ1n) is 7.46. The average Bonchev–Trinajstić information content (AvgIpc) is 2.74. The first-order chi connectivity index (χ1) is 10.8. The van der Waals surface area contributed by atoms with Crippen LogP contribution in [0.3, 0.4) is 0 Å². The van der Waals surface area contributed by atoms with Crippen LogP contribution in [0.25, 0.3) is 0 Å². The van der Waals surface area contributed by atoms with Crippen LogP contribution in [0.5, 0.6) is 0 Å². The SMILES string of the molecule is C=C(C)CN(C)C(=O)N[C@@H]1CC(=O)N(C)[C@H]1c1ccc(F)cc1. The average molecular weight is 319 g/mol. The second-order valence-corrected chi connectivity index (χ2v) is 6.07. The van der Waals surface area contributed by atoms with Gasteiger partial charge in [-0.2, -0.15) is 0 Å². The smallest absolute Gasteiger partial charge is 0.317 e. The Morgan fingerprint density at radius 2 is 2.04 bits per heavy atom. The molecule has 124 valence electrons. The molecule has 0 radical (unpaired) electrons. The maximum absolute atomic E-state index is 13.1. The fourth-order valence-corrected chi connectivity index (χ4v) is 2.86. The van der Waals surface area contributed by atoms with E-state index in [1.165, 1.54) is 17.0 Å². The lowest BCUT2D eigenvalue weighted by Gasteiger charge is -2.28. The van der Waals surface area contributed by atoms with Gasteiger partial charge in [-0.05, 0) is 24.6 Å². The van der Waals surface area contributed by atoms with Crippen molar-refractivity contribution in [2.24, 2.45) is 0 Å². The fourth-order valence-electron chi connectivity index (χ4n) is 2.86. The van der Waals surface area contributed by atoms with Gasteiger partial charge in [0.05, 0.1) is 12.1 Å². The zero-order chi connectivity index (χ0) is 17.1. The molecule has 1 heterocycles. The first-order valence-corrected chi connectivity index (χ1v) is 7.46. The second kappa shape index (κ2) is 6.81. The van der Waals surface area contributed by atoms with E-state index in [4.69, 9.17) is 0 Å². The number of carbonyl (C=O) groups is 2. The van der Waals surface area contributed by atoms with Crippen LogP contribution in [0.4, 0.5) is 9.18 Å². The van der Waals surface area contributed by atoms with Crippen LogP contribution in [0.15, 0.2) is 36.4 Å². The Balaban J connectivity index is 2.15. The minimum atomic E-state index is -0.349. The van der Waals surface area contributed by atoms with Gasteiger partial charge in [0.25, 0.3) is 0 Å². The fraction of sp³-hybridized carbons (Fsp3) is 0.412. The number of benzene rings is 1. The van der Waals surface area contributed by atoms with Crippen LogP contribution in [0.2, 0.25) is 0 Å². The van der Waals surface area contributed by atoms with Gasteiger partial charge in [-0.3, -0.25) is 4.79 Å². The summed E-state index contributed by atoms with van der Waals surface area (Å²) in [5.74, 6) is -0.380. The molecule has 0 unspecified atom stereocenters. The van der Waals surface area contributed by atoms with Gasteiger partial charge in [0.1, 0.15) is 5.82 Å². The van der Waals surface area contributed by atoms with E-state index in [0.717, 1.165) is 11.1 Å². The maximum Gasteiger partial charge on any atom is 0.317 e. The standard InChI is InChI=1S/C17H22FN3O2/c1-11(2)10-20(3)17(23)19-14-9-15(22)21(4)16(14)12-5-7-13(18)8-6-12/h5-8,14,16H,1,9-10H2,2-4H3,(H,19,23)/t14-,16+/m1/s1. The highest BCUT2D eigenvalue weighted by atomic mass is 19.1. The summed E-state index contributed by atoms with van der Waals surface area (Å²) < 4.78 is 13.1. The van der Waals surface area contributed by atoms with Gasteiger partial charge >= 0.3 is 6.03 Å². The molecule has 2 rings (SSSR count). The van der Waals surface area contributed by atoms with E-state index in [9.17, 15) is 14.0 Å². The molecular formula is C17H22FN3O2. The number of likely N-dealkylation sites (tertiary alicyclic amines) is 1. The summed E-state index contributed by atoms with van der Waals surface area (Å²) in [4.78, 5) is 27.4. The number of likely N-dealkylation sites (N-methyl/N-ethyl adjacent to an activating group) is 2. The molecule has 0 bridgehead atoms. The summed E-state index contributed by atoms with van der Waals surface area (Å²) >= 11 is 0. The highest BCUT2D eigenvalue weighted by Gasteiger charge is 2.39. The van der Waals surface area contributed by atoms with Crippen molar-refractivity contribution in [1.82, 2.24) is 15.1 Å². The monoisotopic (exact) mass is 319 g/mol. The van der Waals surface area contributed by atoms with E-state index < -0.39 is 0 Å². The van der Waals surface area contributed by atoms with Crippen LogP contribution in [0, 0.1) is 5.82 Å². The number of hydrogen-bond acceptors (Lipinski definition) is 2. The Morgan fingerprint density at radius 1 is 1.43 bits per heavy atom. The van der Waals surface area contributed by atoms with Crippen LogP contribution in [0.1, 0.15) is 24.9 Å². The van der Waals surface area contributed by atoms with Gasteiger partial charge in [-0.15, -0.1) is 0 Å². The number of nitrogens with one attached hydrogen (secondary N) is 1. The molecule has 0 spiro atoms. The number of nitrogens with zero attached hydrogens (tertiary/aromatic N) is 2. The third-order valence-corrected chi connectivity index (χ3v) is 3.96. The number of rotatable bonds is 4. The quantitative estimate of drug-likeness (QED) is 0.866. The van der Waals surface area contributed by atoms with Gasteiger partial charge in [0.15, 0.2) is 0 Å². The van der Waals surface area contributed by atoms with E-state index >= 15 is 0 Å². The van der Waals surface area contributed by atoms with Crippen molar-refractivity contribution in [2.75, 3.05) is 20.6 Å². The Hall–Kier alpha value is -2.37. The van der Waals surface area contributed by atoms with Gasteiger partial charge < -0.3 is 15.1 Å². The molecule has 1 fully saturated rings. The molecule has 2 atom stereocenters. The van der Waals surface area contributed by atoms with Gasteiger partial charge in [0.2, 0.25) is 5.91 Å². The van der Waals surface area contributed by atoms with E-state index in [-0.39, 0.29) is 36.3 Å². The van der Waals surface area contributed by atoms with Crippen molar-refractivity contribution in [1.29, 1.82) is 0 Å². The maximum atomic E-state index is 13.1. The highest BCUT2D eigenvalue weighted by molar-refractivity contribution is 5.82. The molecule has 0 saturated carbocycles. The molecule has 1 aromatic carbocycles. The zero-order valence-corrected chi connectivity index (χ0v) is 13.7. The van der Waals surface area contributed by atoms with Crippen molar-refractivity contribution in [3.8, 4) is 0 Å². The summed E-state index contributed by atoms with van der Waals surface area (Å²) in [5, 5.41) is 2.90. The molecule has 1 aliphatic rings. The first kappa shape index (κ1) is 17.0. The molecule has 0 aliphatic carbocycles. The molecule has 1 aromatic rings. The van der Waals surface area contributed by atoms with E-state index in [2.05, 4.69) is 11.9 Å². The third kappa shape index (κ3) is 3.88. The summed E-state index contributed by atoms with van der Waals surface area (Å²) in [6.07, 6.45) is 0.227. The van der Waals surface area contributed by atoms with E-state index in [1.807, 2.05) is 6.92 Å². The summed E-state index contributed by atoms with van der Waals surface area (Å²) in [5.41, 5.74) is 1.67. The number of halogens is 1. The lowest BCUT2D eigenvalue weighted by atomic mass is 10.0. The lowest BCUT2D eigenvalue weighted by molar-refractivity contribution is -0.127. The summed E-state index contributed by atoms with van der Waals surface area (Å²) in [6.45, 7) is 6.08. The Labute approximate surface area is 135 Å². The number of amides is 3. The minimum absolute atomic E-state index is 0.0489. The zero-order valence-electron chi connectivity index (χ0n) is 13.7. The third-order valence-electron chi connectivity index (χ3n) is 3.96. The van der Waals surface area contributed by atoms with E-state index in [1.54, 1.807) is 31.1 Å². The molecule has 1 N–H and O–H groups in total. The number of urea groups is 1. The van der Waals surface area contributed by atoms with Crippen LogP contribution in [-0.2, 0) is 4.79 Å². The summed E-state index contributed by atoms with van der Waals surface area (Å²) in [7, 11) is 3.37. The number of hydrogen-bond donors (Lipinski definition) is 1. The molecule has 1 aliphatic heterocycles. The van der Waals surface area contributed by atoms with Gasteiger partial charge in [-0.25, -0.2) is 9.18 Å². The van der Waals surface area contributed by atoms with Crippen molar-refractivity contribution in [3.63, 3.8) is 0 Å². The molecule has 1 saturated heterocycles. The van der Waals surface area contributed by atoms with Crippen molar-refractivity contribution < 1.29 is 14.0 Å². The van der Waals surface area contributed by atoms with Crippen molar-refractivity contribution in [3.05, 3.63) is 47.8 Å². The lowest BCUT2D eigenvalue weighted by Crippen LogP contribution is -2.45. The van der Waals surface area contributed by atoms with Crippen LogP contribution in [-0.4, -0.2) is 48.4 Å². The molecule has 23 heavy (non-hydrogen) atoms. The second-order valence-electron chi connectivity index (χ2n) is 6.07. The van der Waals surface area contributed by atoms with Crippen LogP contribution >= 0.6 is 0 Å². The van der Waals surface area contributed by atoms with Crippen molar-refractivity contribution in [2.45, 2.75) is 25.4 Å². The topological polar surface area (TPSA) is 52.7 Å². The Morgan fingerprint density at radius 3 is 2.61 bits per heavy atom. The predicted molar refractivity (Wildman–Crippen MR) is 86.3 cm³/mol. The highest BCUT2D eigenvalue weighted by Crippen LogP contribution is 2.32. The minimum Gasteiger partial charge on any atom is -0.337 e. The molecule has 3 amide bonds. The molecule has 0 aromatic heterocycles. The van der Waals surface area contributed by atoms with Gasteiger partial charge in [-0.1, -0.05) is 24.3 Å². The molecule has 6 heteroatoms. The number of carbonyl (C=O) groups excluding carboxylic acids is 2. The van der Waals surface area contributed by atoms with Crippen molar-refractivity contribution >= 4 is 11.9 Å². The van der Waals surface area contributed by atoms with Gasteiger partial charge in [0, 0.05) is 27.1 Å². The molecule has 5 nitrogen and oxygen atoms in total. The normalized spacial score (nSPS) is 20.5. The molecular weight excluding hydrogens is 297 g/mol. The Bertz CT molecular complexity index is 615.